The van der Waals surface area contributed by atoms with Crippen molar-refractivity contribution in [1.82, 2.24) is 15.4 Å². The number of fused-ring (bicyclic) bond motifs is 1. The van der Waals surface area contributed by atoms with Gasteiger partial charge in [0.1, 0.15) is 17.4 Å². The summed E-state index contributed by atoms with van der Waals surface area (Å²) < 4.78 is 11.4. The van der Waals surface area contributed by atoms with E-state index in [0.29, 0.717) is 18.1 Å². The van der Waals surface area contributed by atoms with Crippen LogP contribution in [0.2, 0.25) is 0 Å². The highest BCUT2D eigenvalue weighted by molar-refractivity contribution is 7.09. The number of carbonyl (C=O) groups excluding carboxylic acids is 3. The maximum absolute atomic E-state index is 13.8. The number of carbonyl (C=O) groups is 3. The van der Waals surface area contributed by atoms with Gasteiger partial charge in [0.2, 0.25) is 17.7 Å². The number of hydrogen-bond donors (Lipinski definition) is 2. The molecule has 9 nitrogen and oxygen atoms in total. The Morgan fingerprint density at radius 2 is 2.12 bits per heavy atom. The van der Waals surface area contributed by atoms with Gasteiger partial charge in [0.15, 0.2) is 5.82 Å². The van der Waals surface area contributed by atoms with E-state index in [-0.39, 0.29) is 23.8 Å². The minimum absolute atomic E-state index is 0.110. The van der Waals surface area contributed by atoms with Gasteiger partial charge in [-0.1, -0.05) is 36.2 Å². The number of amides is 3. The molecule has 1 saturated carbocycles. The van der Waals surface area contributed by atoms with Gasteiger partial charge in [0.05, 0.1) is 24.5 Å². The second-order valence-corrected chi connectivity index (χ2v) is 10.6. The largest absolute Gasteiger partial charge is 0.360 e. The fourth-order valence-corrected chi connectivity index (χ4v) is 6.70. The molecule has 2 bridgehead atoms. The Balaban J connectivity index is 1.33. The summed E-state index contributed by atoms with van der Waals surface area (Å²) in [6.07, 6.45) is 7.12. The number of rotatable bonds is 6. The number of ether oxygens (including phenoxy) is 1. The number of aromatic nitrogens is 1. The van der Waals surface area contributed by atoms with Crippen LogP contribution in [0.15, 0.2) is 40.3 Å². The van der Waals surface area contributed by atoms with Crippen molar-refractivity contribution >= 4 is 34.9 Å². The molecule has 0 unspecified atom stereocenters. The van der Waals surface area contributed by atoms with Crippen LogP contribution in [0.3, 0.4) is 0 Å². The predicted molar refractivity (Wildman–Crippen MR) is 123 cm³/mol. The summed E-state index contributed by atoms with van der Waals surface area (Å²) in [6.45, 7) is 2.04. The van der Waals surface area contributed by atoms with Crippen LogP contribution < -0.4 is 10.6 Å². The molecule has 2 aromatic heterocycles. The molecule has 34 heavy (non-hydrogen) atoms. The van der Waals surface area contributed by atoms with Crippen molar-refractivity contribution in [3.8, 4) is 0 Å². The summed E-state index contributed by atoms with van der Waals surface area (Å²) in [5.41, 5.74) is -1.16. The van der Waals surface area contributed by atoms with Crippen molar-refractivity contribution in [2.75, 3.05) is 5.32 Å². The maximum atomic E-state index is 13.8. The quantitative estimate of drug-likeness (QED) is 0.612. The Labute approximate surface area is 200 Å². The molecule has 3 amide bonds. The molecule has 6 rings (SSSR count). The van der Waals surface area contributed by atoms with Crippen LogP contribution in [0.4, 0.5) is 5.82 Å². The zero-order valence-corrected chi connectivity index (χ0v) is 19.5. The third-order valence-electron chi connectivity index (χ3n) is 7.41. The first-order chi connectivity index (χ1) is 16.5. The highest BCUT2D eigenvalue weighted by atomic mass is 32.1. The van der Waals surface area contributed by atoms with E-state index in [9.17, 15) is 14.4 Å². The predicted octanol–water partition coefficient (Wildman–Crippen LogP) is 2.39. The molecule has 10 heteroatoms. The molecule has 1 spiro atoms. The first kappa shape index (κ1) is 21.5. The van der Waals surface area contributed by atoms with Crippen LogP contribution in [-0.4, -0.2) is 51.6 Å². The summed E-state index contributed by atoms with van der Waals surface area (Å²) in [4.78, 5) is 43.4. The van der Waals surface area contributed by atoms with Crippen LogP contribution in [0.25, 0.3) is 0 Å². The van der Waals surface area contributed by atoms with Gasteiger partial charge in [-0.3, -0.25) is 14.4 Å². The van der Waals surface area contributed by atoms with Crippen LogP contribution in [0.1, 0.15) is 36.3 Å². The van der Waals surface area contributed by atoms with Gasteiger partial charge in [0, 0.05) is 17.0 Å². The van der Waals surface area contributed by atoms with Gasteiger partial charge < -0.3 is 24.8 Å². The standard InChI is InChI=1S/C24H26N4O5S/c1-13-11-17(27-33-13)26-21(29)18-16-8-9-24(32-16)19(18)23(31)28(12-15-7-4-10-34-15)20(24)22(30)25-14-5-2-3-6-14/h4,7-11,14,16,18-20H,2-3,5-6,12H2,1H3,(H,25,30)(H,26,27,29)/t16-,18-,19+,20-,24+/m1/s1. The highest BCUT2D eigenvalue weighted by Gasteiger charge is 2.72. The molecule has 4 aliphatic rings. The van der Waals surface area contributed by atoms with E-state index in [0.717, 1.165) is 30.6 Å². The fourth-order valence-electron chi connectivity index (χ4n) is 5.99. The summed E-state index contributed by atoms with van der Waals surface area (Å²) >= 11 is 1.53. The number of likely N-dealkylation sites (tertiary alicyclic amines) is 1. The van der Waals surface area contributed by atoms with Crippen LogP contribution >= 0.6 is 11.3 Å². The molecule has 5 atom stereocenters. The third-order valence-corrected chi connectivity index (χ3v) is 8.27. The van der Waals surface area contributed by atoms with Crippen molar-refractivity contribution in [1.29, 1.82) is 0 Å². The smallest absolute Gasteiger partial charge is 0.246 e. The lowest BCUT2D eigenvalue weighted by atomic mass is 9.74. The van der Waals surface area contributed by atoms with E-state index in [1.54, 1.807) is 17.9 Å². The first-order valence-corrected chi connectivity index (χ1v) is 12.6. The molecule has 5 heterocycles. The van der Waals surface area contributed by atoms with Gasteiger partial charge >= 0.3 is 0 Å². The molecular weight excluding hydrogens is 456 g/mol. The van der Waals surface area contributed by atoms with Crippen LogP contribution in [0.5, 0.6) is 0 Å². The average Bonchev–Trinajstić information content (AvgIpc) is 3.62. The third kappa shape index (κ3) is 3.31. The lowest BCUT2D eigenvalue weighted by Crippen LogP contribution is -2.55. The SMILES string of the molecule is Cc1cc(NC(=O)[C@H]2[C@H]3C(=O)N(Cc4cccs4)[C@H](C(=O)NC4CCCC4)[C@]34C=C[C@H]2O4)no1. The molecule has 0 radical (unpaired) electrons. The Morgan fingerprint density at radius 1 is 1.29 bits per heavy atom. The molecule has 178 valence electrons. The molecule has 2 saturated heterocycles. The van der Waals surface area contributed by atoms with E-state index in [4.69, 9.17) is 9.26 Å². The van der Waals surface area contributed by atoms with Crippen LogP contribution in [0, 0.1) is 18.8 Å². The van der Waals surface area contributed by atoms with Crippen molar-refractivity contribution in [3.63, 3.8) is 0 Å². The van der Waals surface area contributed by atoms with E-state index >= 15 is 0 Å². The van der Waals surface area contributed by atoms with E-state index in [1.807, 2.05) is 29.7 Å². The summed E-state index contributed by atoms with van der Waals surface area (Å²) in [7, 11) is 0. The zero-order valence-electron chi connectivity index (χ0n) is 18.7. The van der Waals surface area contributed by atoms with Crippen molar-refractivity contribution in [2.24, 2.45) is 11.8 Å². The van der Waals surface area contributed by atoms with Gasteiger partial charge in [0.25, 0.3) is 0 Å². The topological polar surface area (TPSA) is 114 Å². The number of thiophene rings is 1. The van der Waals surface area contributed by atoms with Gasteiger partial charge in [-0.25, -0.2) is 0 Å². The highest BCUT2D eigenvalue weighted by Crippen LogP contribution is 2.55. The first-order valence-electron chi connectivity index (χ1n) is 11.7. The van der Waals surface area contributed by atoms with E-state index in [2.05, 4.69) is 15.8 Å². The monoisotopic (exact) mass is 482 g/mol. The van der Waals surface area contributed by atoms with Gasteiger partial charge in [-0.2, -0.15) is 0 Å². The van der Waals surface area contributed by atoms with Gasteiger partial charge in [-0.05, 0) is 31.2 Å². The second-order valence-electron chi connectivity index (χ2n) is 9.55. The Bertz CT molecular complexity index is 1150. The summed E-state index contributed by atoms with van der Waals surface area (Å²) in [5.74, 6) is -1.49. The number of anilines is 1. The lowest BCUT2D eigenvalue weighted by molar-refractivity contribution is -0.142. The molecule has 0 aromatic carbocycles. The number of nitrogens with one attached hydrogen (secondary N) is 2. The summed E-state index contributed by atoms with van der Waals surface area (Å²) in [6, 6.07) is 4.76. The van der Waals surface area contributed by atoms with Crippen molar-refractivity contribution in [2.45, 2.75) is 62.9 Å². The minimum Gasteiger partial charge on any atom is -0.360 e. The molecule has 2 aromatic rings. The molecule has 3 aliphatic heterocycles. The van der Waals surface area contributed by atoms with Gasteiger partial charge in [-0.15, -0.1) is 11.3 Å². The van der Waals surface area contributed by atoms with Crippen molar-refractivity contribution < 1.29 is 23.6 Å². The van der Waals surface area contributed by atoms with E-state index in [1.165, 1.54) is 11.3 Å². The molecular formula is C24H26N4O5S. The fraction of sp³-hybridized carbons (Fsp3) is 0.500. The number of nitrogens with zero attached hydrogens (tertiary/aromatic N) is 2. The average molecular weight is 483 g/mol. The Kier molecular flexibility index (Phi) is 5.11. The van der Waals surface area contributed by atoms with Crippen LogP contribution in [-0.2, 0) is 25.7 Å². The maximum Gasteiger partial charge on any atom is 0.246 e. The van der Waals surface area contributed by atoms with E-state index < -0.39 is 29.6 Å². The number of aryl methyl sites for hydroxylation is 1. The molecule has 1 aliphatic carbocycles. The normalized spacial score (nSPS) is 31.9. The second kappa shape index (κ2) is 8.06. The molecule has 3 fully saturated rings. The molecule has 2 N–H and O–H groups in total. The summed E-state index contributed by atoms with van der Waals surface area (Å²) in [5, 5.41) is 11.7. The van der Waals surface area contributed by atoms with Crippen molar-refractivity contribution in [3.05, 3.63) is 46.4 Å². The minimum atomic E-state index is -1.16. The number of hydrogen-bond acceptors (Lipinski definition) is 7. The lowest BCUT2D eigenvalue weighted by Gasteiger charge is -2.32. The zero-order chi connectivity index (χ0) is 23.4. The Morgan fingerprint density at radius 3 is 2.82 bits per heavy atom. The Hall–Kier alpha value is -2.98.